The fourth-order valence-corrected chi connectivity index (χ4v) is 1.44. The zero-order chi connectivity index (χ0) is 8.39. The van der Waals surface area contributed by atoms with Crippen molar-refractivity contribution in [1.82, 2.24) is 15.3 Å². The van der Waals surface area contributed by atoms with E-state index in [1.54, 1.807) is 0 Å². The molecule has 1 aliphatic rings. The SMILES string of the molecule is Cc1cnc(N2CCNCC2)[nH]1. The van der Waals surface area contributed by atoms with Gasteiger partial charge in [0.05, 0.1) is 0 Å². The van der Waals surface area contributed by atoms with E-state index in [0.29, 0.717) is 0 Å². The van der Waals surface area contributed by atoms with Crippen molar-refractivity contribution in [2.24, 2.45) is 0 Å². The van der Waals surface area contributed by atoms with Gasteiger partial charge in [-0.15, -0.1) is 0 Å². The molecule has 2 rings (SSSR count). The van der Waals surface area contributed by atoms with E-state index < -0.39 is 0 Å². The molecule has 1 aromatic rings. The number of hydrogen-bond donors (Lipinski definition) is 2. The van der Waals surface area contributed by atoms with Crippen molar-refractivity contribution in [2.75, 3.05) is 31.1 Å². The van der Waals surface area contributed by atoms with Gasteiger partial charge >= 0.3 is 0 Å². The Morgan fingerprint density at radius 3 is 2.75 bits per heavy atom. The van der Waals surface area contributed by atoms with Crippen LogP contribution in [0.25, 0.3) is 0 Å². The third-order valence-corrected chi connectivity index (χ3v) is 2.11. The number of H-pyrrole nitrogens is 1. The topological polar surface area (TPSA) is 44.0 Å². The van der Waals surface area contributed by atoms with Crippen molar-refractivity contribution in [3.05, 3.63) is 11.9 Å². The highest BCUT2D eigenvalue weighted by atomic mass is 15.3. The first kappa shape index (κ1) is 7.61. The standard InChI is InChI=1S/C8H14N4/c1-7-6-10-8(11-7)12-4-2-9-3-5-12/h6,9H,2-5H2,1H3,(H,10,11). The van der Waals surface area contributed by atoms with Crippen molar-refractivity contribution in [3.63, 3.8) is 0 Å². The summed E-state index contributed by atoms with van der Waals surface area (Å²) in [4.78, 5) is 9.78. The summed E-state index contributed by atoms with van der Waals surface area (Å²) in [6, 6.07) is 0. The number of hydrogen-bond acceptors (Lipinski definition) is 3. The Balaban J connectivity index is 2.08. The highest BCUT2D eigenvalue weighted by molar-refractivity contribution is 5.31. The van der Waals surface area contributed by atoms with Crippen molar-refractivity contribution in [2.45, 2.75) is 6.92 Å². The maximum Gasteiger partial charge on any atom is 0.203 e. The van der Waals surface area contributed by atoms with Gasteiger partial charge in [0.25, 0.3) is 0 Å². The Morgan fingerprint density at radius 1 is 1.42 bits per heavy atom. The first-order valence-corrected chi connectivity index (χ1v) is 4.33. The third-order valence-electron chi connectivity index (χ3n) is 2.11. The molecule has 4 nitrogen and oxygen atoms in total. The van der Waals surface area contributed by atoms with Crippen molar-refractivity contribution in [1.29, 1.82) is 0 Å². The number of nitrogens with one attached hydrogen (secondary N) is 2. The predicted octanol–water partition coefficient (Wildman–Crippen LogP) is 0.128. The molecule has 1 aliphatic heterocycles. The number of aromatic amines is 1. The van der Waals surface area contributed by atoms with Crippen molar-refractivity contribution in [3.8, 4) is 0 Å². The monoisotopic (exact) mass is 166 g/mol. The summed E-state index contributed by atoms with van der Waals surface area (Å²) < 4.78 is 0. The first-order valence-electron chi connectivity index (χ1n) is 4.33. The van der Waals surface area contributed by atoms with E-state index in [4.69, 9.17) is 0 Å². The summed E-state index contributed by atoms with van der Waals surface area (Å²) in [6.07, 6.45) is 1.87. The number of anilines is 1. The molecule has 1 aromatic heterocycles. The number of aryl methyl sites for hydroxylation is 1. The number of rotatable bonds is 1. The summed E-state index contributed by atoms with van der Waals surface area (Å²) in [5.74, 6) is 1.01. The second-order valence-corrected chi connectivity index (χ2v) is 3.13. The van der Waals surface area contributed by atoms with Gasteiger partial charge in [-0.05, 0) is 6.92 Å². The summed E-state index contributed by atoms with van der Waals surface area (Å²) in [6.45, 7) is 6.23. The van der Waals surface area contributed by atoms with Crippen LogP contribution in [-0.4, -0.2) is 36.1 Å². The van der Waals surface area contributed by atoms with E-state index >= 15 is 0 Å². The summed E-state index contributed by atoms with van der Waals surface area (Å²) in [5, 5.41) is 3.31. The number of piperazine rings is 1. The Morgan fingerprint density at radius 2 is 2.17 bits per heavy atom. The lowest BCUT2D eigenvalue weighted by atomic mass is 10.4. The Hall–Kier alpha value is -1.03. The lowest BCUT2D eigenvalue weighted by Gasteiger charge is -2.26. The molecule has 1 fully saturated rings. The van der Waals surface area contributed by atoms with Gasteiger partial charge in [-0.3, -0.25) is 0 Å². The molecule has 66 valence electrons. The minimum absolute atomic E-state index is 1.01. The molecular formula is C8H14N4. The van der Waals surface area contributed by atoms with Gasteiger partial charge in [-0.1, -0.05) is 0 Å². The lowest BCUT2D eigenvalue weighted by Crippen LogP contribution is -2.44. The van der Waals surface area contributed by atoms with Crippen LogP contribution in [0.3, 0.4) is 0 Å². The van der Waals surface area contributed by atoms with Gasteiger partial charge in [0.1, 0.15) is 0 Å². The maximum atomic E-state index is 4.28. The molecule has 12 heavy (non-hydrogen) atoms. The smallest absolute Gasteiger partial charge is 0.203 e. The average Bonchev–Trinajstić information content (AvgIpc) is 2.54. The molecular weight excluding hydrogens is 152 g/mol. The molecule has 2 N–H and O–H groups in total. The van der Waals surface area contributed by atoms with Gasteiger partial charge < -0.3 is 15.2 Å². The minimum Gasteiger partial charge on any atom is -0.340 e. The average molecular weight is 166 g/mol. The fourth-order valence-electron chi connectivity index (χ4n) is 1.44. The Bertz CT molecular complexity index is 249. The predicted molar refractivity (Wildman–Crippen MR) is 48.4 cm³/mol. The van der Waals surface area contributed by atoms with Crippen LogP contribution < -0.4 is 10.2 Å². The second-order valence-electron chi connectivity index (χ2n) is 3.13. The highest BCUT2D eigenvalue weighted by Gasteiger charge is 2.11. The molecule has 0 spiro atoms. The zero-order valence-corrected chi connectivity index (χ0v) is 7.30. The normalized spacial score (nSPS) is 18.2. The molecule has 0 saturated carbocycles. The van der Waals surface area contributed by atoms with E-state index in [2.05, 4.69) is 20.2 Å². The van der Waals surface area contributed by atoms with Crippen LogP contribution in [0.15, 0.2) is 6.20 Å². The molecule has 4 heteroatoms. The number of nitrogens with zero attached hydrogens (tertiary/aromatic N) is 2. The van der Waals surface area contributed by atoms with Crippen LogP contribution in [0.5, 0.6) is 0 Å². The van der Waals surface area contributed by atoms with E-state index in [1.165, 1.54) is 0 Å². The lowest BCUT2D eigenvalue weighted by molar-refractivity contribution is 0.581. The molecule has 1 saturated heterocycles. The van der Waals surface area contributed by atoms with Gasteiger partial charge in [0, 0.05) is 38.1 Å². The van der Waals surface area contributed by atoms with E-state index in [1.807, 2.05) is 13.1 Å². The Kier molecular flexibility index (Phi) is 1.99. The van der Waals surface area contributed by atoms with Crippen LogP contribution in [0.2, 0.25) is 0 Å². The fraction of sp³-hybridized carbons (Fsp3) is 0.625. The second kappa shape index (κ2) is 3.15. The largest absolute Gasteiger partial charge is 0.340 e. The molecule has 0 aliphatic carbocycles. The summed E-state index contributed by atoms with van der Waals surface area (Å²) >= 11 is 0. The van der Waals surface area contributed by atoms with E-state index in [-0.39, 0.29) is 0 Å². The quantitative estimate of drug-likeness (QED) is 0.623. The first-order chi connectivity index (χ1) is 5.86. The zero-order valence-electron chi connectivity index (χ0n) is 7.30. The van der Waals surface area contributed by atoms with E-state index in [0.717, 1.165) is 37.8 Å². The number of imidazole rings is 1. The third kappa shape index (κ3) is 1.43. The van der Waals surface area contributed by atoms with Gasteiger partial charge in [0.2, 0.25) is 5.95 Å². The van der Waals surface area contributed by atoms with Crippen LogP contribution in [0, 0.1) is 6.92 Å². The summed E-state index contributed by atoms with van der Waals surface area (Å²) in [7, 11) is 0. The summed E-state index contributed by atoms with van der Waals surface area (Å²) in [5.41, 5.74) is 1.13. The van der Waals surface area contributed by atoms with Gasteiger partial charge in [-0.2, -0.15) is 0 Å². The molecule has 0 atom stereocenters. The molecule has 2 heterocycles. The minimum atomic E-state index is 1.01. The van der Waals surface area contributed by atoms with Crippen LogP contribution in [0.4, 0.5) is 5.95 Å². The number of aromatic nitrogens is 2. The van der Waals surface area contributed by atoms with Crippen LogP contribution in [0.1, 0.15) is 5.69 Å². The Labute approximate surface area is 72.0 Å². The van der Waals surface area contributed by atoms with Crippen LogP contribution >= 0.6 is 0 Å². The molecule has 0 amide bonds. The molecule has 0 unspecified atom stereocenters. The molecule has 0 bridgehead atoms. The molecule has 0 radical (unpaired) electrons. The molecule has 0 aromatic carbocycles. The van der Waals surface area contributed by atoms with Gasteiger partial charge in [-0.25, -0.2) is 4.98 Å². The van der Waals surface area contributed by atoms with Crippen molar-refractivity contribution < 1.29 is 0 Å². The van der Waals surface area contributed by atoms with Gasteiger partial charge in [0.15, 0.2) is 0 Å². The van der Waals surface area contributed by atoms with Crippen molar-refractivity contribution >= 4 is 5.95 Å². The highest BCUT2D eigenvalue weighted by Crippen LogP contribution is 2.08. The van der Waals surface area contributed by atoms with Crippen LogP contribution in [-0.2, 0) is 0 Å². The van der Waals surface area contributed by atoms with E-state index in [9.17, 15) is 0 Å². The maximum absolute atomic E-state index is 4.28.